The predicted octanol–water partition coefficient (Wildman–Crippen LogP) is 4.36. The molecule has 0 bridgehead atoms. The molecule has 0 aliphatic carbocycles. The summed E-state index contributed by atoms with van der Waals surface area (Å²) in [6.45, 7) is 3.66. The monoisotopic (exact) mass is 460 g/mol. The summed E-state index contributed by atoms with van der Waals surface area (Å²) in [5.74, 6) is 0.236. The number of para-hydroxylation sites is 1. The highest BCUT2D eigenvalue weighted by Gasteiger charge is 2.20. The molecule has 7 nitrogen and oxygen atoms in total. The van der Waals surface area contributed by atoms with Gasteiger partial charge in [0.2, 0.25) is 10.0 Å². The lowest BCUT2D eigenvalue weighted by Crippen LogP contribution is -2.31. The van der Waals surface area contributed by atoms with E-state index in [1.165, 1.54) is 18.6 Å². The SMILES string of the molecule is CCCCCCOc1ccccc1C(=O)Nc1ccc(S(=O)(=O)NCC2CCCO2)cc1. The van der Waals surface area contributed by atoms with Gasteiger partial charge in [-0.05, 0) is 55.7 Å². The van der Waals surface area contributed by atoms with Gasteiger partial charge in [0.15, 0.2) is 0 Å². The highest BCUT2D eigenvalue weighted by molar-refractivity contribution is 7.89. The van der Waals surface area contributed by atoms with Gasteiger partial charge in [0.05, 0.1) is 23.2 Å². The Hall–Kier alpha value is -2.42. The Morgan fingerprint density at radius 2 is 1.88 bits per heavy atom. The van der Waals surface area contributed by atoms with Crippen LogP contribution in [-0.2, 0) is 14.8 Å². The van der Waals surface area contributed by atoms with Crippen LogP contribution in [0.4, 0.5) is 5.69 Å². The zero-order valence-corrected chi connectivity index (χ0v) is 19.3. The molecule has 0 aromatic heterocycles. The second-order valence-corrected chi connectivity index (χ2v) is 9.64. The predicted molar refractivity (Wildman–Crippen MR) is 125 cm³/mol. The van der Waals surface area contributed by atoms with E-state index in [0.717, 1.165) is 32.1 Å². The lowest BCUT2D eigenvalue weighted by atomic mass is 10.1. The van der Waals surface area contributed by atoms with Crippen molar-refractivity contribution in [2.45, 2.75) is 56.4 Å². The first-order valence-corrected chi connectivity index (χ1v) is 12.7. The molecular weight excluding hydrogens is 428 g/mol. The van der Waals surface area contributed by atoms with Crippen molar-refractivity contribution in [1.29, 1.82) is 0 Å². The molecule has 32 heavy (non-hydrogen) atoms. The van der Waals surface area contributed by atoms with E-state index in [1.807, 2.05) is 6.07 Å². The number of hydrogen-bond acceptors (Lipinski definition) is 5. The number of anilines is 1. The Labute approximate surface area is 190 Å². The molecule has 0 saturated carbocycles. The first-order chi connectivity index (χ1) is 15.5. The lowest BCUT2D eigenvalue weighted by molar-refractivity contribution is 0.102. The summed E-state index contributed by atoms with van der Waals surface area (Å²) in [6, 6.07) is 13.2. The summed E-state index contributed by atoms with van der Waals surface area (Å²) < 4.78 is 38.8. The van der Waals surface area contributed by atoms with Crippen LogP contribution in [0.15, 0.2) is 53.4 Å². The number of unbranched alkanes of at least 4 members (excludes halogenated alkanes) is 3. The third-order valence-electron chi connectivity index (χ3n) is 5.33. The van der Waals surface area contributed by atoms with E-state index in [1.54, 1.807) is 30.3 Å². The number of ether oxygens (including phenoxy) is 2. The summed E-state index contributed by atoms with van der Waals surface area (Å²) in [6.07, 6.45) is 6.11. The fraction of sp³-hybridized carbons (Fsp3) is 0.458. The highest BCUT2D eigenvalue weighted by atomic mass is 32.2. The molecule has 174 valence electrons. The minimum absolute atomic E-state index is 0.0720. The van der Waals surface area contributed by atoms with Crippen LogP contribution in [0.1, 0.15) is 55.8 Å². The molecular formula is C24H32N2O5S. The van der Waals surface area contributed by atoms with Crippen molar-refractivity contribution < 1.29 is 22.7 Å². The van der Waals surface area contributed by atoms with Crippen LogP contribution in [0, 0.1) is 0 Å². The number of carbonyl (C=O) groups is 1. The quantitative estimate of drug-likeness (QED) is 0.459. The van der Waals surface area contributed by atoms with Crippen molar-refractivity contribution in [2.24, 2.45) is 0 Å². The van der Waals surface area contributed by atoms with Crippen LogP contribution < -0.4 is 14.8 Å². The number of nitrogens with one attached hydrogen (secondary N) is 2. The Morgan fingerprint density at radius 1 is 1.09 bits per heavy atom. The van der Waals surface area contributed by atoms with E-state index >= 15 is 0 Å². The van der Waals surface area contributed by atoms with Gasteiger partial charge in [-0.15, -0.1) is 0 Å². The normalized spacial score (nSPS) is 16.1. The largest absolute Gasteiger partial charge is 0.493 e. The average molecular weight is 461 g/mol. The fourth-order valence-corrected chi connectivity index (χ4v) is 4.56. The van der Waals surface area contributed by atoms with Crippen molar-refractivity contribution in [3.63, 3.8) is 0 Å². The van der Waals surface area contributed by atoms with Crippen LogP contribution in [0.5, 0.6) is 5.75 Å². The van der Waals surface area contributed by atoms with Gasteiger partial charge in [-0.2, -0.15) is 0 Å². The molecule has 1 fully saturated rings. The van der Waals surface area contributed by atoms with E-state index in [-0.39, 0.29) is 23.5 Å². The molecule has 3 rings (SSSR count). The molecule has 1 heterocycles. The highest BCUT2D eigenvalue weighted by Crippen LogP contribution is 2.21. The maximum absolute atomic E-state index is 12.8. The van der Waals surface area contributed by atoms with Crippen molar-refractivity contribution in [3.8, 4) is 5.75 Å². The summed E-state index contributed by atoms with van der Waals surface area (Å²) in [5.41, 5.74) is 0.948. The van der Waals surface area contributed by atoms with Gasteiger partial charge in [-0.25, -0.2) is 13.1 Å². The fourth-order valence-electron chi connectivity index (χ4n) is 3.50. The molecule has 1 aliphatic heterocycles. The molecule has 1 amide bonds. The Morgan fingerprint density at radius 3 is 2.59 bits per heavy atom. The van der Waals surface area contributed by atoms with E-state index in [9.17, 15) is 13.2 Å². The molecule has 1 unspecified atom stereocenters. The van der Waals surface area contributed by atoms with E-state index in [0.29, 0.717) is 30.2 Å². The molecule has 2 aromatic rings. The Bertz CT molecular complexity index is 970. The van der Waals surface area contributed by atoms with Crippen molar-refractivity contribution in [3.05, 3.63) is 54.1 Å². The number of hydrogen-bond donors (Lipinski definition) is 2. The third-order valence-corrected chi connectivity index (χ3v) is 6.77. The molecule has 1 aliphatic rings. The van der Waals surface area contributed by atoms with Crippen molar-refractivity contribution in [1.82, 2.24) is 4.72 Å². The van der Waals surface area contributed by atoms with Gasteiger partial charge < -0.3 is 14.8 Å². The number of rotatable bonds is 12. The summed E-state index contributed by atoms with van der Waals surface area (Å²) in [4.78, 5) is 12.9. The van der Waals surface area contributed by atoms with E-state index in [4.69, 9.17) is 9.47 Å². The van der Waals surface area contributed by atoms with Gasteiger partial charge in [0, 0.05) is 18.8 Å². The molecule has 2 N–H and O–H groups in total. The first-order valence-electron chi connectivity index (χ1n) is 11.2. The van der Waals surface area contributed by atoms with Gasteiger partial charge in [0.25, 0.3) is 5.91 Å². The number of amides is 1. The smallest absolute Gasteiger partial charge is 0.259 e. The zero-order valence-electron chi connectivity index (χ0n) is 18.5. The molecule has 1 saturated heterocycles. The molecule has 2 aromatic carbocycles. The van der Waals surface area contributed by atoms with Crippen molar-refractivity contribution in [2.75, 3.05) is 25.1 Å². The van der Waals surface area contributed by atoms with Gasteiger partial charge in [-0.3, -0.25) is 4.79 Å². The van der Waals surface area contributed by atoms with Crippen molar-refractivity contribution >= 4 is 21.6 Å². The van der Waals surface area contributed by atoms with E-state index < -0.39 is 10.0 Å². The first kappa shape index (κ1) is 24.2. The lowest BCUT2D eigenvalue weighted by Gasteiger charge is -2.13. The van der Waals surface area contributed by atoms with Crippen LogP contribution in [-0.4, -0.2) is 40.2 Å². The minimum atomic E-state index is -3.63. The second kappa shape index (κ2) is 12.0. The number of sulfonamides is 1. The van der Waals surface area contributed by atoms with Crippen LogP contribution in [0.25, 0.3) is 0 Å². The Balaban J connectivity index is 1.57. The van der Waals surface area contributed by atoms with Gasteiger partial charge >= 0.3 is 0 Å². The van der Waals surface area contributed by atoms with Crippen LogP contribution >= 0.6 is 0 Å². The number of benzene rings is 2. The zero-order chi connectivity index (χ0) is 22.8. The number of carbonyl (C=O) groups excluding carboxylic acids is 1. The molecule has 1 atom stereocenters. The standard InChI is InChI=1S/C24H32N2O5S/c1-2-3-4-7-16-31-23-11-6-5-10-22(23)24(27)26-19-12-14-21(15-13-19)32(28,29)25-18-20-9-8-17-30-20/h5-6,10-15,20,25H,2-4,7-9,16-18H2,1H3,(H,26,27). The summed E-state index contributed by atoms with van der Waals surface area (Å²) >= 11 is 0. The molecule has 8 heteroatoms. The summed E-state index contributed by atoms with van der Waals surface area (Å²) in [5, 5.41) is 2.81. The third kappa shape index (κ3) is 7.05. The summed E-state index contributed by atoms with van der Waals surface area (Å²) in [7, 11) is -3.63. The maximum atomic E-state index is 12.8. The maximum Gasteiger partial charge on any atom is 0.259 e. The second-order valence-electron chi connectivity index (χ2n) is 7.87. The van der Waals surface area contributed by atoms with Gasteiger partial charge in [0.1, 0.15) is 5.75 Å². The molecule has 0 spiro atoms. The minimum Gasteiger partial charge on any atom is -0.493 e. The van der Waals surface area contributed by atoms with Crippen LogP contribution in [0.3, 0.4) is 0 Å². The molecule has 0 radical (unpaired) electrons. The van der Waals surface area contributed by atoms with E-state index in [2.05, 4.69) is 17.0 Å². The topological polar surface area (TPSA) is 93.7 Å². The van der Waals surface area contributed by atoms with Gasteiger partial charge in [-0.1, -0.05) is 38.3 Å². The average Bonchev–Trinajstić information content (AvgIpc) is 3.32. The van der Waals surface area contributed by atoms with Crippen LogP contribution in [0.2, 0.25) is 0 Å². The Kier molecular flexibility index (Phi) is 9.08.